The topological polar surface area (TPSA) is 32.7 Å². The molecule has 0 saturated carbocycles. The van der Waals surface area contributed by atoms with E-state index in [0.29, 0.717) is 19.1 Å². The molecule has 3 aromatic rings. The minimum Gasteiger partial charge on any atom is -0.394 e. The maximum absolute atomic E-state index is 10.2. The Morgan fingerprint density at radius 1 is 0.862 bits per heavy atom. The van der Waals surface area contributed by atoms with Gasteiger partial charge in [0.05, 0.1) is 25.9 Å². The average Bonchev–Trinajstić information content (AvgIpc) is 3.20. The van der Waals surface area contributed by atoms with Crippen molar-refractivity contribution in [1.82, 2.24) is 4.90 Å². The lowest BCUT2D eigenvalue weighted by molar-refractivity contribution is 0.0314. The van der Waals surface area contributed by atoms with Crippen molar-refractivity contribution in [3.05, 3.63) is 108 Å². The highest BCUT2D eigenvalue weighted by Crippen LogP contribution is 2.38. The Morgan fingerprint density at radius 3 is 2.14 bits per heavy atom. The van der Waals surface area contributed by atoms with Crippen LogP contribution in [0.3, 0.4) is 0 Å². The van der Waals surface area contributed by atoms with E-state index < -0.39 is 0 Å². The van der Waals surface area contributed by atoms with E-state index in [4.69, 9.17) is 4.74 Å². The zero-order valence-corrected chi connectivity index (χ0v) is 16.7. The maximum Gasteiger partial charge on any atom is 0.0717 e. The molecule has 3 nitrogen and oxygen atoms in total. The third kappa shape index (κ3) is 4.76. The second kappa shape index (κ2) is 9.84. The van der Waals surface area contributed by atoms with Crippen LogP contribution in [-0.4, -0.2) is 35.8 Å². The van der Waals surface area contributed by atoms with Crippen LogP contribution in [0, 0.1) is 0 Å². The molecule has 0 aromatic heterocycles. The summed E-state index contributed by atoms with van der Waals surface area (Å²) < 4.78 is 6.19. The molecule has 0 radical (unpaired) electrons. The van der Waals surface area contributed by atoms with E-state index in [1.807, 2.05) is 36.4 Å². The molecular weight excluding hydrogens is 358 g/mol. The monoisotopic (exact) mass is 387 g/mol. The SMILES string of the molecule is OC[C@@H](c1ccccc1)N1CC[C@H](c2ccccc2)[C@@H]1COCc1ccccc1. The number of nitrogens with zero attached hydrogens (tertiary/aromatic N) is 1. The number of ether oxygens (including phenoxy) is 1. The summed E-state index contributed by atoms with van der Waals surface area (Å²) in [5, 5.41) is 10.2. The van der Waals surface area contributed by atoms with Crippen LogP contribution in [-0.2, 0) is 11.3 Å². The Labute approximate surface area is 173 Å². The summed E-state index contributed by atoms with van der Waals surface area (Å²) in [5.74, 6) is 0.407. The van der Waals surface area contributed by atoms with Crippen LogP contribution in [0.1, 0.15) is 35.1 Å². The van der Waals surface area contributed by atoms with Gasteiger partial charge in [-0.1, -0.05) is 91.0 Å². The Bertz CT molecular complexity index is 854. The van der Waals surface area contributed by atoms with E-state index in [0.717, 1.165) is 18.5 Å². The van der Waals surface area contributed by atoms with Gasteiger partial charge in [0, 0.05) is 12.0 Å². The van der Waals surface area contributed by atoms with E-state index in [1.54, 1.807) is 0 Å². The fraction of sp³-hybridized carbons (Fsp3) is 0.308. The van der Waals surface area contributed by atoms with Gasteiger partial charge in [-0.3, -0.25) is 4.90 Å². The number of rotatable bonds is 8. The molecule has 1 fully saturated rings. The maximum atomic E-state index is 10.2. The number of hydrogen-bond donors (Lipinski definition) is 1. The molecule has 150 valence electrons. The van der Waals surface area contributed by atoms with Gasteiger partial charge >= 0.3 is 0 Å². The molecule has 3 heteroatoms. The van der Waals surface area contributed by atoms with Crippen molar-refractivity contribution in [1.29, 1.82) is 0 Å². The quantitative estimate of drug-likeness (QED) is 0.603. The predicted octanol–water partition coefficient (Wildman–Crippen LogP) is 4.79. The predicted molar refractivity (Wildman–Crippen MR) is 117 cm³/mol. The zero-order valence-electron chi connectivity index (χ0n) is 16.7. The zero-order chi connectivity index (χ0) is 19.9. The van der Waals surface area contributed by atoms with Crippen molar-refractivity contribution in [2.45, 2.75) is 31.0 Å². The first-order valence-electron chi connectivity index (χ1n) is 10.4. The summed E-state index contributed by atoms with van der Waals surface area (Å²) in [4.78, 5) is 2.44. The van der Waals surface area contributed by atoms with Crippen molar-refractivity contribution in [3.8, 4) is 0 Å². The minimum absolute atomic E-state index is 0.00441. The smallest absolute Gasteiger partial charge is 0.0717 e. The van der Waals surface area contributed by atoms with Crippen LogP contribution in [0.5, 0.6) is 0 Å². The second-order valence-corrected chi connectivity index (χ2v) is 7.72. The lowest BCUT2D eigenvalue weighted by atomic mass is 9.91. The Hall–Kier alpha value is -2.46. The highest BCUT2D eigenvalue weighted by atomic mass is 16.5. The van der Waals surface area contributed by atoms with Gasteiger partial charge in [-0.25, -0.2) is 0 Å². The summed E-state index contributed by atoms with van der Waals surface area (Å²) >= 11 is 0. The van der Waals surface area contributed by atoms with E-state index in [9.17, 15) is 5.11 Å². The van der Waals surface area contributed by atoms with Crippen LogP contribution in [0.15, 0.2) is 91.0 Å². The first-order chi connectivity index (χ1) is 14.4. The first kappa shape index (κ1) is 19.8. The normalized spacial score (nSPS) is 20.6. The minimum atomic E-state index is -0.00441. The Morgan fingerprint density at radius 2 is 1.48 bits per heavy atom. The van der Waals surface area contributed by atoms with Gasteiger partial charge in [-0.15, -0.1) is 0 Å². The van der Waals surface area contributed by atoms with Crippen molar-refractivity contribution >= 4 is 0 Å². The molecule has 4 rings (SSSR count). The lowest BCUT2D eigenvalue weighted by Gasteiger charge is -2.34. The Kier molecular flexibility index (Phi) is 6.73. The molecule has 3 atom stereocenters. The second-order valence-electron chi connectivity index (χ2n) is 7.72. The van der Waals surface area contributed by atoms with E-state index in [1.165, 1.54) is 11.1 Å². The van der Waals surface area contributed by atoms with E-state index in [2.05, 4.69) is 59.5 Å². The molecular formula is C26H29NO2. The number of likely N-dealkylation sites (tertiary alicyclic amines) is 1. The lowest BCUT2D eigenvalue weighted by Crippen LogP contribution is -2.40. The molecule has 0 spiro atoms. The van der Waals surface area contributed by atoms with Gasteiger partial charge in [-0.2, -0.15) is 0 Å². The van der Waals surface area contributed by atoms with Gasteiger partial charge in [0.25, 0.3) is 0 Å². The molecule has 0 amide bonds. The fourth-order valence-electron chi connectivity index (χ4n) is 4.51. The van der Waals surface area contributed by atoms with Crippen LogP contribution < -0.4 is 0 Å². The summed E-state index contributed by atoms with van der Waals surface area (Å²) in [6, 6.07) is 31.6. The third-order valence-electron chi connectivity index (χ3n) is 5.97. The molecule has 1 N–H and O–H groups in total. The number of aliphatic hydroxyl groups is 1. The van der Waals surface area contributed by atoms with Crippen molar-refractivity contribution in [2.24, 2.45) is 0 Å². The number of hydrogen-bond acceptors (Lipinski definition) is 3. The van der Waals surface area contributed by atoms with Crippen LogP contribution in [0.2, 0.25) is 0 Å². The molecule has 1 heterocycles. The Balaban J connectivity index is 1.54. The van der Waals surface area contributed by atoms with Crippen LogP contribution in [0.4, 0.5) is 0 Å². The van der Waals surface area contributed by atoms with Gasteiger partial charge < -0.3 is 9.84 Å². The molecule has 3 aromatic carbocycles. The van der Waals surface area contributed by atoms with Gasteiger partial charge in [0.2, 0.25) is 0 Å². The third-order valence-corrected chi connectivity index (χ3v) is 5.97. The van der Waals surface area contributed by atoms with E-state index >= 15 is 0 Å². The molecule has 29 heavy (non-hydrogen) atoms. The van der Waals surface area contributed by atoms with Crippen molar-refractivity contribution in [3.63, 3.8) is 0 Å². The summed E-state index contributed by atoms with van der Waals surface area (Å²) in [5.41, 5.74) is 3.71. The summed E-state index contributed by atoms with van der Waals surface area (Å²) in [7, 11) is 0. The first-order valence-corrected chi connectivity index (χ1v) is 10.4. The molecule has 1 aliphatic rings. The molecule has 0 unspecified atom stereocenters. The highest BCUT2D eigenvalue weighted by molar-refractivity contribution is 5.25. The van der Waals surface area contributed by atoms with Crippen LogP contribution >= 0.6 is 0 Å². The standard InChI is InChI=1S/C26H29NO2/c28-18-25(23-14-8-3-9-15-23)27-17-16-24(22-12-6-2-7-13-22)26(27)20-29-19-21-10-4-1-5-11-21/h1-15,24-26,28H,16-20H2/t24-,25+,26+/m1/s1. The molecule has 0 bridgehead atoms. The average molecular weight is 388 g/mol. The largest absolute Gasteiger partial charge is 0.394 e. The van der Waals surface area contributed by atoms with Gasteiger partial charge in [-0.05, 0) is 29.7 Å². The van der Waals surface area contributed by atoms with E-state index in [-0.39, 0.29) is 18.7 Å². The van der Waals surface area contributed by atoms with Crippen LogP contribution in [0.25, 0.3) is 0 Å². The highest BCUT2D eigenvalue weighted by Gasteiger charge is 2.39. The van der Waals surface area contributed by atoms with Gasteiger partial charge in [0.15, 0.2) is 0 Å². The molecule has 1 aliphatic heterocycles. The summed E-state index contributed by atoms with van der Waals surface area (Å²) in [6.45, 7) is 2.33. The van der Waals surface area contributed by atoms with Gasteiger partial charge in [0.1, 0.15) is 0 Å². The molecule has 1 saturated heterocycles. The fourth-order valence-corrected chi connectivity index (χ4v) is 4.51. The summed E-state index contributed by atoms with van der Waals surface area (Å²) in [6.07, 6.45) is 1.08. The molecule has 0 aliphatic carbocycles. The number of aliphatic hydroxyl groups excluding tert-OH is 1. The van der Waals surface area contributed by atoms with Crippen molar-refractivity contribution < 1.29 is 9.84 Å². The number of benzene rings is 3. The van der Waals surface area contributed by atoms with Crippen molar-refractivity contribution in [2.75, 3.05) is 19.8 Å².